The van der Waals surface area contributed by atoms with E-state index in [0.29, 0.717) is 30.6 Å². The lowest BCUT2D eigenvalue weighted by Crippen LogP contribution is -2.36. The van der Waals surface area contributed by atoms with Crippen LogP contribution >= 0.6 is 0 Å². The summed E-state index contributed by atoms with van der Waals surface area (Å²) in [6.45, 7) is 2.88. The Morgan fingerprint density at radius 1 is 1.18 bits per heavy atom. The van der Waals surface area contributed by atoms with Crippen LogP contribution in [0.25, 0.3) is 0 Å². The quantitative estimate of drug-likeness (QED) is 0.802. The predicted octanol–water partition coefficient (Wildman–Crippen LogP) is 2.63. The van der Waals surface area contributed by atoms with Crippen molar-refractivity contribution in [1.29, 1.82) is 5.26 Å². The third kappa shape index (κ3) is 3.46. The largest absolute Gasteiger partial charge is 0.384 e. The van der Waals surface area contributed by atoms with E-state index < -0.39 is 0 Å². The fourth-order valence-electron chi connectivity index (χ4n) is 4.56. The molecule has 1 amide bonds. The summed E-state index contributed by atoms with van der Waals surface area (Å²) in [6, 6.07) is 18.0. The number of anilines is 1. The Hall–Kier alpha value is -2.91. The van der Waals surface area contributed by atoms with Crippen LogP contribution in [0.5, 0.6) is 0 Å². The van der Waals surface area contributed by atoms with Gasteiger partial charge in [0.2, 0.25) is 5.91 Å². The molecule has 2 aliphatic rings. The van der Waals surface area contributed by atoms with Crippen LogP contribution in [0.2, 0.25) is 0 Å². The summed E-state index contributed by atoms with van der Waals surface area (Å²) in [5, 5.41) is 9.14. The minimum Gasteiger partial charge on any atom is -0.384 e. The Bertz CT molecular complexity index is 880. The maximum absolute atomic E-state index is 12.8. The molecular weight excluding hydrogens is 352 g/mol. The predicted molar refractivity (Wildman–Crippen MR) is 106 cm³/mol. The highest BCUT2D eigenvalue weighted by atomic mass is 16.5. The molecule has 0 spiro atoms. The molecule has 144 valence electrons. The highest BCUT2D eigenvalue weighted by Crippen LogP contribution is 2.45. The molecule has 6 heteroatoms. The van der Waals surface area contributed by atoms with Gasteiger partial charge in [-0.3, -0.25) is 4.79 Å². The van der Waals surface area contributed by atoms with E-state index in [4.69, 9.17) is 10.00 Å². The summed E-state index contributed by atoms with van der Waals surface area (Å²) in [4.78, 5) is 21.6. The molecule has 3 atom stereocenters. The number of benzene rings is 1. The number of fused-ring (bicyclic) bond motifs is 1. The van der Waals surface area contributed by atoms with E-state index >= 15 is 0 Å². The number of ether oxygens (including phenoxy) is 1. The molecule has 2 aromatic rings. The zero-order valence-corrected chi connectivity index (χ0v) is 16.0. The molecule has 0 aliphatic carbocycles. The molecule has 4 rings (SSSR count). The number of pyridine rings is 1. The number of hydrogen-bond donors (Lipinski definition) is 0. The zero-order valence-electron chi connectivity index (χ0n) is 16.0. The van der Waals surface area contributed by atoms with Crippen LogP contribution in [0.15, 0.2) is 48.5 Å². The topological polar surface area (TPSA) is 69.5 Å². The smallest absolute Gasteiger partial charge is 0.225 e. The van der Waals surface area contributed by atoms with E-state index in [1.54, 1.807) is 13.2 Å². The number of rotatable bonds is 5. The molecule has 6 nitrogen and oxygen atoms in total. The second-order valence-corrected chi connectivity index (χ2v) is 7.47. The second-order valence-electron chi connectivity index (χ2n) is 7.47. The van der Waals surface area contributed by atoms with Gasteiger partial charge in [0.25, 0.3) is 0 Å². The van der Waals surface area contributed by atoms with Gasteiger partial charge in [-0.05, 0) is 17.7 Å². The lowest BCUT2D eigenvalue weighted by Gasteiger charge is -2.30. The number of amides is 1. The normalized spacial score (nSPS) is 23.5. The minimum atomic E-state index is 0.0692. The van der Waals surface area contributed by atoms with Crippen LogP contribution < -0.4 is 4.90 Å². The number of nitriles is 1. The van der Waals surface area contributed by atoms with Crippen molar-refractivity contribution >= 4 is 11.7 Å². The summed E-state index contributed by atoms with van der Waals surface area (Å²) in [5.41, 5.74) is 1.62. The van der Waals surface area contributed by atoms with E-state index in [2.05, 4.69) is 28.1 Å². The first-order valence-corrected chi connectivity index (χ1v) is 9.66. The molecule has 0 radical (unpaired) electrons. The first-order chi connectivity index (χ1) is 13.7. The van der Waals surface area contributed by atoms with Gasteiger partial charge in [0.15, 0.2) is 0 Å². The fraction of sp³-hybridized carbons (Fsp3) is 0.409. The monoisotopic (exact) mass is 376 g/mol. The van der Waals surface area contributed by atoms with Crippen LogP contribution in [-0.4, -0.2) is 49.1 Å². The number of nitrogens with zero attached hydrogens (tertiary/aromatic N) is 4. The summed E-state index contributed by atoms with van der Waals surface area (Å²) in [7, 11) is 1.63. The lowest BCUT2D eigenvalue weighted by molar-refractivity contribution is -0.133. The summed E-state index contributed by atoms with van der Waals surface area (Å²) < 4.78 is 5.11. The zero-order chi connectivity index (χ0) is 19.5. The van der Waals surface area contributed by atoms with Gasteiger partial charge in [0.05, 0.1) is 19.1 Å². The van der Waals surface area contributed by atoms with E-state index in [9.17, 15) is 4.79 Å². The van der Waals surface area contributed by atoms with Crippen LogP contribution in [0.4, 0.5) is 5.82 Å². The Labute approximate surface area is 165 Å². The lowest BCUT2D eigenvalue weighted by atomic mass is 9.89. The number of carbonyl (C=O) groups excluding carboxylic acids is 1. The Morgan fingerprint density at radius 3 is 2.75 bits per heavy atom. The Morgan fingerprint density at radius 2 is 2.00 bits per heavy atom. The van der Waals surface area contributed by atoms with E-state index in [0.717, 1.165) is 25.5 Å². The van der Waals surface area contributed by atoms with Gasteiger partial charge in [-0.1, -0.05) is 36.4 Å². The van der Waals surface area contributed by atoms with Crippen molar-refractivity contribution < 1.29 is 9.53 Å². The van der Waals surface area contributed by atoms with Crippen LogP contribution in [0.3, 0.4) is 0 Å². The van der Waals surface area contributed by atoms with Crippen LogP contribution in [-0.2, 0) is 9.53 Å². The van der Waals surface area contributed by atoms with Crippen LogP contribution in [0, 0.1) is 23.2 Å². The molecule has 2 fully saturated rings. The molecular formula is C22H24N4O2. The van der Waals surface area contributed by atoms with Crippen molar-refractivity contribution in [3.63, 3.8) is 0 Å². The summed E-state index contributed by atoms with van der Waals surface area (Å²) >= 11 is 0. The van der Waals surface area contributed by atoms with Gasteiger partial charge < -0.3 is 14.5 Å². The maximum Gasteiger partial charge on any atom is 0.225 e. The summed E-state index contributed by atoms with van der Waals surface area (Å²) in [5.74, 6) is 1.74. The van der Waals surface area contributed by atoms with E-state index in [-0.39, 0.29) is 11.9 Å². The highest BCUT2D eigenvalue weighted by molar-refractivity contribution is 5.77. The van der Waals surface area contributed by atoms with Crippen molar-refractivity contribution in [1.82, 2.24) is 9.88 Å². The third-order valence-electron chi connectivity index (χ3n) is 5.82. The first-order valence-electron chi connectivity index (χ1n) is 9.66. The van der Waals surface area contributed by atoms with Gasteiger partial charge >= 0.3 is 0 Å². The van der Waals surface area contributed by atoms with Crippen molar-refractivity contribution in [3.8, 4) is 6.07 Å². The molecule has 28 heavy (non-hydrogen) atoms. The highest BCUT2D eigenvalue weighted by Gasteiger charge is 2.49. The fourth-order valence-corrected chi connectivity index (χ4v) is 4.56. The number of methoxy groups -OCH3 is 1. The number of carbonyl (C=O) groups is 1. The molecule has 2 saturated heterocycles. The van der Waals surface area contributed by atoms with Gasteiger partial charge in [-0.25, -0.2) is 4.98 Å². The van der Waals surface area contributed by atoms with Crippen molar-refractivity contribution in [2.75, 3.05) is 38.3 Å². The molecule has 1 aromatic heterocycles. The van der Waals surface area contributed by atoms with Gasteiger partial charge in [-0.15, -0.1) is 0 Å². The second kappa shape index (κ2) is 7.99. The Balaban J connectivity index is 1.59. The SMILES string of the molecule is COCCC(=O)N1C[C@@H]2CN(c3cccc(C#N)n3)C[C@@H]2[C@H]1c1ccccc1. The Kier molecular flexibility index (Phi) is 5.27. The number of likely N-dealkylation sites (tertiary alicyclic amines) is 1. The van der Waals surface area contributed by atoms with Crippen molar-refractivity contribution in [3.05, 3.63) is 59.8 Å². The standard InChI is InChI=1S/C22H24N4O2/c1-28-11-10-21(27)26-14-17-13-25(20-9-5-8-18(12-23)24-20)15-19(17)22(26)16-6-3-2-4-7-16/h2-9,17,19,22H,10-11,13-15H2,1H3/t17-,19-,22+/m0/s1. The van der Waals surface area contributed by atoms with Gasteiger partial charge in [0.1, 0.15) is 17.6 Å². The van der Waals surface area contributed by atoms with Gasteiger partial charge in [-0.2, -0.15) is 5.26 Å². The molecule has 3 heterocycles. The molecule has 0 unspecified atom stereocenters. The maximum atomic E-state index is 12.8. The average molecular weight is 376 g/mol. The number of aromatic nitrogens is 1. The number of hydrogen-bond acceptors (Lipinski definition) is 5. The van der Waals surface area contributed by atoms with Crippen molar-refractivity contribution in [2.24, 2.45) is 11.8 Å². The first kappa shape index (κ1) is 18.5. The summed E-state index contributed by atoms with van der Waals surface area (Å²) in [6.07, 6.45) is 0.411. The molecule has 0 bridgehead atoms. The van der Waals surface area contributed by atoms with Gasteiger partial charge in [0, 0.05) is 38.6 Å². The molecule has 1 aromatic carbocycles. The average Bonchev–Trinajstić information content (AvgIpc) is 3.30. The molecule has 0 saturated carbocycles. The molecule has 2 aliphatic heterocycles. The van der Waals surface area contributed by atoms with E-state index in [1.807, 2.05) is 35.2 Å². The van der Waals surface area contributed by atoms with Crippen LogP contribution in [0.1, 0.15) is 23.7 Å². The third-order valence-corrected chi connectivity index (χ3v) is 5.82. The van der Waals surface area contributed by atoms with Crippen molar-refractivity contribution in [2.45, 2.75) is 12.5 Å². The van der Waals surface area contributed by atoms with E-state index in [1.165, 1.54) is 5.56 Å². The molecule has 0 N–H and O–H groups in total. The minimum absolute atomic E-state index is 0.0692.